The molecule has 2 amide bonds. The Kier molecular flexibility index (Phi) is 3.54. The molecule has 2 N–H and O–H groups in total. The van der Waals surface area contributed by atoms with Crippen LogP contribution in [0.25, 0.3) is 0 Å². The molecule has 2 unspecified atom stereocenters. The van der Waals surface area contributed by atoms with E-state index >= 15 is 0 Å². The lowest BCUT2D eigenvalue weighted by molar-refractivity contribution is -0.125. The Hall–Kier alpha value is -1.36. The first-order chi connectivity index (χ1) is 9.54. The van der Waals surface area contributed by atoms with Gasteiger partial charge >= 0.3 is 0 Å². The van der Waals surface area contributed by atoms with Gasteiger partial charge in [0.1, 0.15) is 0 Å². The minimum atomic E-state index is -0.169. The summed E-state index contributed by atoms with van der Waals surface area (Å²) in [5.41, 5.74) is 1.85. The third-order valence-corrected chi connectivity index (χ3v) is 4.70. The second kappa shape index (κ2) is 5.20. The summed E-state index contributed by atoms with van der Waals surface area (Å²) in [6, 6.07) is 6.05. The number of benzene rings is 1. The minimum Gasteiger partial charge on any atom is -0.353 e. The van der Waals surface area contributed by atoms with E-state index in [9.17, 15) is 9.59 Å². The van der Waals surface area contributed by atoms with Gasteiger partial charge in [0.15, 0.2) is 0 Å². The van der Waals surface area contributed by atoms with Gasteiger partial charge in [-0.1, -0.05) is 15.9 Å². The van der Waals surface area contributed by atoms with Crippen LogP contribution in [0, 0.1) is 18.8 Å². The average Bonchev–Trinajstić information content (AvgIpc) is 3.24. The van der Waals surface area contributed by atoms with Crippen molar-refractivity contribution < 1.29 is 9.59 Å². The summed E-state index contributed by atoms with van der Waals surface area (Å²) in [5.74, 6) is -0.313. The lowest BCUT2D eigenvalue weighted by atomic mass is 10.2. The third-order valence-electron chi connectivity index (χ3n) is 3.81. The maximum absolute atomic E-state index is 12.1. The Morgan fingerprint density at radius 3 is 2.55 bits per heavy atom. The molecule has 4 nitrogen and oxygen atoms in total. The molecule has 1 aromatic rings. The first kappa shape index (κ1) is 13.6. The van der Waals surface area contributed by atoms with Crippen LogP contribution in [0.5, 0.6) is 0 Å². The number of hydrogen-bond donors (Lipinski definition) is 2. The maximum atomic E-state index is 12.1. The molecular formula is C15H17BrN2O2. The van der Waals surface area contributed by atoms with Gasteiger partial charge in [0.25, 0.3) is 0 Å². The van der Waals surface area contributed by atoms with Crippen LogP contribution < -0.4 is 10.6 Å². The van der Waals surface area contributed by atoms with Crippen molar-refractivity contribution in [3.05, 3.63) is 28.2 Å². The van der Waals surface area contributed by atoms with Crippen LogP contribution in [0.15, 0.2) is 22.7 Å². The molecule has 0 heterocycles. The summed E-state index contributed by atoms with van der Waals surface area (Å²) >= 11 is 3.43. The third kappa shape index (κ3) is 3.03. The molecular weight excluding hydrogens is 320 g/mol. The van der Waals surface area contributed by atoms with Gasteiger partial charge in [-0.05, 0) is 49.9 Å². The van der Waals surface area contributed by atoms with Crippen molar-refractivity contribution in [1.82, 2.24) is 5.32 Å². The van der Waals surface area contributed by atoms with E-state index < -0.39 is 0 Å². The van der Waals surface area contributed by atoms with Gasteiger partial charge in [0, 0.05) is 16.2 Å². The number of amides is 2. The predicted octanol–water partition coefficient (Wildman–Crippen LogP) is 2.61. The summed E-state index contributed by atoms with van der Waals surface area (Å²) in [6.07, 6.45) is 2.82. The molecule has 0 spiro atoms. The van der Waals surface area contributed by atoms with Crippen molar-refractivity contribution in [3.63, 3.8) is 0 Å². The van der Waals surface area contributed by atoms with E-state index in [0.717, 1.165) is 28.6 Å². The molecule has 106 valence electrons. The maximum Gasteiger partial charge on any atom is 0.228 e. The molecule has 0 radical (unpaired) electrons. The van der Waals surface area contributed by atoms with Crippen molar-refractivity contribution in [2.24, 2.45) is 11.8 Å². The summed E-state index contributed by atoms with van der Waals surface area (Å²) in [4.78, 5) is 23.9. The van der Waals surface area contributed by atoms with Crippen molar-refractivity contribution in [2.45, 2.75) is 32.2 Å². The fraction of sp³-hybridized carbons (Fsp3) is 0.467. The number of carbonyl (C=O) groups excluding carboxylic acids is 2. The molecule has 3 rings (SSSR count). The normalized spacial score (nSPS) is 24.1. The highest BCUT2D eigenvalue weighted by Gasteiger charge is 2.48. The van der Waals surface area contributed by atoms with Gasteiger partial charge in [-0.3, -0.25) is 9.59 Å². The first-order valence-electron chi connectivity index (χ1n) is 6.92. The molecule has 5 heteroatoms. The van der Waals surface area contributed by atoms with Gasteiger partial charge in [0.2, 0.25) is 11.8 Å². The topological polar surface area (TPSA) is 58.2 Å². The Balaban J connectivity index is 1.54. The van der Waals surface area contributed by atoms with Gasteiger partial charge in [-0.2, -0.15) is 0 Å². The van der Waals surface area contributed by atoms with Gasteiger partial charge in [-0.25, -0.2) is 0 Å². The molecule has 2 aliphatic carbocycles. The number of halogens is 1. The Morgan fingerprint density at radius 1 is 1.20 bits per heavy atom. The minimum absolute atomic E-state index is 0.0413. The number of anilines is 1. The smallest absolute Gasteiger partial charge is 0.228 e. The number of aryl methyl sites for hydroxylation is 1. The van der Waals surface area contributed by atoms with Crippen LogP contribution in [-0.4, -0.2) is 17.9 Å². The van der Waals surface area contributed by atoms with Crippen LogP contribution in [-0.2, 0) is 9.59 Å². The first-order valence-corrected chi connectivity index (χ1v) is 7.71. The fourth-order valence-electron chi connectivity index (χ4n) is 2.27. The van der Waals surface area contributed by atoms with Gasteiger partial charge < -0.3 is 10.6 Å². The van der Waals surface area contributed by atoms with Crippen molar-refractivity contribution in [3.8, 4) is 0 Å². The average molecular weight is 337 g/mol. The van der Waals surface area contributed by atoms with Crippen LogP contribution >= 0.6 is 15.9 Å². The molecule has 2 atom stereocenters. The van der Waals surface area contributed by atoms with E-state index in [-0.39, 0.29) is 23.7 Å². The highest BCUT2D eigenvalue weighted by atomic mass is 79.9. The van der Waals surface area contributed by atoms with Gasteiger partial charge in [0.05, 0.1) is 11.8 Å². The largest absolute Gasteiger partial charge is 0.353 e. The molecule has 2 aliphatic rings. The zero-order valence-corrected chi connectivity index (χ0v) is 12.9. The van der Waals surface area contributed by atoms with E-state index in [0.29, 0.717) is 12.5 Å². The molecule has 0 saturated heterocycles. The zero-order chi connectivity index (χ0) is 14.3. The molecule has 1 aromatic carbocycles. The zero-order valence-electron chi connectivity index (χ0n) is 11.3. The van der Waals surface area contributed by atoms with Crippen molar-refractivity contribution in [1.29, 1.82) is 0 Å². The van der Waals surface area contributed by atoms with Crippen LogP contribution in [0.2, 0.25) is 0 Å². The molecule has 0 bridgehead atoms. The number of rotatable bonds is 4. The molecule has 2 saturated carbocycles. The van der Waals surface area contributed by atoms with E-state index in [1.807, 2.05) is 25.1 Å². The highest BCUT2D eigenvalue weighted by molar-refractivity contribution is 9.10. The van der Waals surface area contributed by atoms with Crippen molar-refractivity contribution >= 4 is 33.4 Å². The lowest BCUT2D eigenvalue weighted by Crippen LogP contribution is -2.29. The molecule has 0 aromatic heterocycles. The summed E-state index contributed by atoms with van der Waals surface area (Å²) in [6.45, 7) is 1.97. The van der Waals surface area contributed by atoms with Crippen LogP contribution in [0.1, 0.15) is 24.8 Å². The van der Waals surface area contributed by atoms with Crippen LogP contribution in [0.3, 0.4) is 0 Å². The quantitative estimate of drug-likeness (QED) is 0.887. The SMILES string of the molecule is Cc1cc(NC(=O)C2CC2C(=O)NC2CC2)ccc1Br. The van der Waals surface area contributed by atoms with E-state index in [1.165, 1.54) is 0 Å². The summed E-state index contributed by atoms with van der Waals surface area (Å²) in [5, 5.41) is 5.84. The molecule has 0 aliphatic heterocycles. The number of carbonyl (C=O) groups is 2. The summed E-state index contributed by atoms with van der Waals surface area (Å²) in [7, 11) is 0. The van der Waals surface area contributed by atoms with Crippen LogP contribution in [0.4, 0.5) is 5.69 Å². The van der Waals surface area contributed by atoms with Crippen molar-refractivity contribution in [2.75, 3.05) is 5.32 Å². The predicted molar refractivity (Wildman–Crippen MR) is 80.3 cm³/mol. The molecule has 20 heavy (non-hydrogen) atoms. The highest BCUT2D eigenvalue weighted by Crippen LogP contribution is 2.40. The fourth-order valence-corrected chi connectivity index (χ4v) is 2.51. The van der Waals surface area contributed by atoms with E-state index in [2.05, 4.69) is 26.6 Å². The second-order valence-corrected chi connectivity index (χ2v) is 6.54. The Bertz CT molecular complexity index is 569. The van der Waals surface area contributed by atoms with E-state index in [4.69, 9.17) is 0 Å². The molecule has 2 fully saturated rings. The second-order valence-electron chi connectivity index (χ2n) is 5.68. The standard InChI is InChI=1S/C15H17BrN2O2/c1-8-6-10(4-5-13(8)16)18-15(20)12-7-11(12)14(19)17-9-2-3-9/h4-6,9,11-12H,2-3,7H2,1H3,(H,17,19)(H,18,20). The lowest BCUT2D eigenvalue weighted by Gasteiger charge is -2.07. The monoisotopic (exact) mass is 336 g/mol. The summed E-state index contributed by atoms with van der Waals surface area (Å²) < 4.78 is 1.02. The number of nitrogens with one attached hydrogen (secondary N) is 2. The number of hydrogen-bond acceptors (Lipinski definition) is 2. The Labute approximate surface area is 126 Å². The van der Waals surface area contributed by atoms with E-state index in [1.54, 1.807) is 0 Å². The Morgan fingerprint density at radius 2 is 1.90 bits per heavy atom. The van der Waals surface area contributed by atoms with Gasteiger partial charge in [-0.15, -0.1) is 0 Å².